The Kier molecular flexibility index (Phi) is 7.39. The molecule has 1 aliphatic heterocycles. The third-order valence-corrected chi connectivity index (χ3v) is 9.04. The van der Waals surface area contributed by atoms with Crippen LogP contribution in [-0.4, -0.2) is 53.1 Å². The lowest BCUT2D eigenvalue weighted by Gasteiger charge is -2.52. The molecule has 1 fully saturated rings. The maximum Gasteiger partial charge on any atom is 0.196 e. The van der Waals surface area contributed by atoms with E-state index in [1.807, 2.05) is 60.8 Å². The van der Waals surface area contributed by atoms with Crippen LogP contribution >= 0.6 is 0 Å². The van der Waals surface area contributed by atoms with Gasteiger partial charge in [0.25, 0.3) is 0 Å². The van der Waals surface area contributed by atoms with Crippen molar-refractivity contribution < 1.29 is 9.47 Å². The molecule has 2 aromatic heterocycles. The van der Waals surface area contributed by atoms with Crippen molar-refractivity contribution in [3.63, 3.8) is 0 Å². The van der Waals surface area contributed by atoms with Crippen molar-refractivity contribution >= 4 is 28.4 Å². The number of aromatic amines is 1. The number of likely N-dealkylation sites (tertiary alicyclic amines) is 1. The zero-order valence-corrected chi connectivity index (χ0v) is 24.7. The van der Waals surface area contributed by atoms with E-state index >= 15 is 0 Å². The van der Waals surface area contributed by atoms with Gasteiger partial charge in [0.2, 0.25) is 0 Å². The van der Waals surface area contributed by atoms with Gasteiger partial charge in [-0.25, -0.2) is 15.0 Å². The Morgan fingerprint density at radius 1 is 0.907 bits per heavy atom. The molecule has 5 aromatic rings. The van der Waals surface area contributed by atoms with Crippen molar-refractivity contribution in [1.29, 1.82) is 0 Å². The summed E-state index contributed by atoms with van der Waals surface area (Å²) in [5.74, 6) is 2.70. The number of guanidine groups is 1. The summed E-state index contributed by atoms with van der Waals surface area (Å²) in [7, 11) is 3.22. The highest BCUT2D eigenvalue weighted by Gasteiger charge is 2.55. The summed E-state index contributed by atoms with van der Waals surface area (Å²) >= 11 is 0. The van der Waals surface area contributed by atoms with Gasteiger partial charge in [-0.05, 0) is 55.7 Å². The molecule has 6 rings (SSSR count). The molecule has 5 N–H and O–H groups in total. The third-order valence-electron chi connectivity index (χ3n) is 9.04. The first kappa shape index (κ1) is 28.1. The second-order valence-electron chi connectivity index (χ2n) is 11.1. The Hall–Kier alpha value is -5.05. The Labute approximate surface area is 251 Å². The van der Waals surface area contributed by atoms with Gasteiger partial charge >= 0.3 is 0 Å². The topological polar surface area (TPSA) is 128 Å². The summed E-state index contributed by atoms with van der Waals surface area (Å²) in [6.45, 7) is 3.65. The Morgan fingerprint density at radius 3 is 2.19 bits per heavy atom. The Balaban J connectivity index is 1.50. The molecular weight excluding hydrogens is 538 g/mol. The maximum atomic E-state index is 6.67. The van der Waals surface area contributed by atoms with Gasteiger partial charge in [-0.3, -0.25) is 0 Å². The first-order valence-electron chi connectivity index (χ1n) is 14.4. The van der Waals surface area contributed by atoms with Crippen LogP contribution in [-0.2, 0) is 10.8 Å². The van der Waals surface area contributed by atoms with Gasteiger partial charge in [0.15, 0.2) is 17.5 Å². The smallest absolute Gasteiger partial charge is 0.196 e. The van der Waals surface area contributed by atoms with Crippen LogP contribution in [0.5, 0.6) is 11.5 Å². The molecule has 9 heteroatoms. The minimum atomic E-state index is -0.690. The van der Waals surface area contributed by atoms with Crippen molar-refractivity contribution in [3.05, 3.63) is 108 Å². The van der Waals surface area contributed by atoms with Crippen LogP contribution in [0, 0.1) is 0 Å². The number of ether oxygens (including phenoxy) is 2. The zero-order valence-electron chi connectivity index (χ0n) is 24.7. The van der Waals surface area contributed by atoms with Crippen LogP contribution in [0.2, 0.25) is 0 Å². The van der Waals surface area contributed by atoms with E-state index in [9.17, 15) is 0 Å². The molecule has 1 aliphatic rings. The van der Waals surface area contributed by atoms with Gasteiger partial charge in [-0.2, -0.15) is 0 Å². The molecule has 0 radical (unpaired) electrons. The summed E-state index contributed by atoms with van der Waals surface area (Å²) in [5.41, 5.74) is 15.9. The number of methoxy groups -OCH3 is 2. The van der Waals surface area contributed by atoms with Crippen LogP contribution in [0.1, 0.15) is 36.8 Å². The number of fused-ring (bicyclic) bond motifs is 1. The van der Waals surface area contributed by atoms with E-state index in [0.29, 0.717) is 53.1 Å². The van der Waals surface area contributed by atoms with Crippen molar-refractivity contribution in [2.45, 2.75) is 30.6 Å². The highest BCUT2D eigenvalue weighted by atomic mass is 16.5. The molecule has 3 aromatic carbocycles. The first-order chi connectivity index (χ1) is 20.9. The molecule has 0 spiro atoms. The van der Waals surface area contributed by atoms with Crippen LogP contribution in [0.15, 0.2) is 96.1 Å². The molecule has 1 atom stereocenters. The van der Waals surface area contributed by atoms with Crippen LogP contribution < -0.4 is 20.9 Å². The summed E-state index contributed by atoms with van der Waals surface area (Å²) < 4.78 is 11.1. The van der Waals surface area contributed by atoms with E-state index < -0.39 is 10.8 Å². The highest BCUT2D eigenvalue weighted by Crippen LogP contribution is 2.53. The number of nitrogens with two attached hydrogens (primary N) is 2. The van der Waals surface area contributed by atoms with Gasteiger partial charge in [0, 0.05) is 41.8 Å². The molecule has 0 amide bonds. The second-order valence-corrected chi connectivity index (χ2v) is 11.1. The summed E-state index contributed by atoms with van der Waals surface area (Å²) in [5, 5.41) is 0.712. The fourth-order valence-corrected chi connectivity index (χ4v) is 6.59. The monoisotopic (exact) mass is 575 g/mol. The zero-order chi connectivity index (χ0) is 30.0. The molecule has 0 bridgehead atoms. The SMILES string of the molecule is COc1cc2nc(C(C)(c3ccc[nH]3)C3(c4ccccc4)CCN(C(N)=Nc4ccccc4)CC3)nc(N)c2cc1OC. The molecule has 1 saturated heterocycles. The maximum absolute atomic E-state index is 6.67. The third kappa shape index (κ3) is 4.80. The summed E-state index contributed by atoms with van der Waals surface area (Å²) in [6.07, 6.45) is 3.51. The largest absolute Gasteiger partial charge is 0.493 e. The van der Waals surface area contributed by atoms with E-state index in [1.54, 1.807) is 14.2 Å². The lowest BCUT2D eigenvalue weighted by Crippen LogP contribution is -2.57. The molecule has 3 heterocycles. The Morgan fingerprint density at radius 2 is 1.56 bits per heavy atom. The van der Waals surface area contributed by atoms with E-state index in [2.05, 4.69) is 47.1 Å². The molecule has 220 valence electrons. The van der Waals surface area contributed by atoms with Crippen molar-refractivity contribution in [2.24, 2.45) is 10.7 Å². The lowest BCUT2D eigenvalue weighted by molar-refractivity contribution is 0.148. The van der Waals surface area contributed by atoms with E-state index in [0.717, 1.165) is 24.2 Å². The predicted octanol–water partition coefficient (Wildman–Crippen LogP) is 5.54. The Bertz CT molecular complexity index is 1730. The number of hydrogen-bond donors (Lipinski definition) is 3. The van der Waals surface area contributed by atoms with E-state index in [-0.39, 0.29) is 0 Å². The fraction of sp³-hybridized carbons (Fsp3) is 0.265. The van der Waals surface area contributed by atoms with E-state index in [1.165, 1.54) is 5.56 Å². The van der Waals surface area contributed by atoms with Crippen molar-refractivity contribution in [3.8, 4) is 11.5 Å². The number of rotatable bonds is 7. The average molecular weight is 576 g/mol. The molecule has 1 unspecified atom stereocenters. The molecule has 0 aliphatic carbocycles. The highest BCUT2D eigenvalue weighted by molar-refractivity contribution is 5.91. The average Bonchev–Trinajstić information content (AvgIpc) is 3.60. The number of para-hydroxylation sites is 1. The number of nitrogens with zero attached hydrogens (tertiary/aromatic N) is 4. The van der Waals surface area contributed by atoms with Gasteiger partial charge in [0.05, 0.1) is 30.8 Å². The molecular formula is C34H37N7O2. The summed E-state index contributed by atoms with van der Waals surface area (Å²) in [6, 6.07) is 28.3. The standard InChI is InChI=1S/C34H37N7O2/c1-33(29-15-10-18-37-29,31-39-26-22-28(43-3)27(42-2)21-25(26)30(35)40-31)34(23-11-6-4-7-12-23)16-19-41(20-17-34)32(36)38-24-13-8-5-9-14-24/h4-15,18,21-22,37H,16-17,19-20H2,1-3H3,(H2,36,38)(H2,35,39,40). The number of nitrogen functional groups attached to an aromatic ring is 1. The minimum absolute atomic E-state index is 0.388. The fourth-order valence-electron chi connectivity index (χ4n) is 6.59. The van der Waals surface area contributed by atoms with Crippen LogP contribution in [0.25, 0.3) is 10.9 Å². The predicted molar refractivity (Wildman–Crippen MR) is 171 cm³/mol. The first-order valence-corrected chi connectivity index (χ1v) is 14.4. The number of aromatic nitrogens is 3. The summed E-state index contributed by atoms with van der Waals surface area (Å²) in [4.78, 5) is 20.6. The molecule has 43 heavy (non-hydrogen) atoms. The van der Waals surface area contributed by atoms with Crippen LogP contribution in [0.4, 0.5) is 11.5 Å². The van der Waals surface area contributed by atoms with E-state index in [4.69, 9.17) is 35.9 Å². The van der Waals surface area contributed by atoms with Gasteiger partial charge in [0.1, 0.15) is 11.6 Å². The molecule has 0 saturated carbocycles. The van der Waals surface area contributed by atoms with Crippen molar-refractivity contribution in [2.75, 3.05) is 33.0 Å². The number of nitrogens with one attached hydrogen (secondary N) is 1. The van der Waals surface area contributed by atoms with Gasteiger partial charge in [-0.15, -0.1) is 0 Å². The van der Waals surface area contributed by atoms with Gasteiger partial charge in [-0.1, -0.05) is 48.5 Å². The number of H-pyrrole nitrogens is 1. The minimum Gasteiger partial charge on any atom is -0.493 e. The molecule has 9 nitrogen and oxygen atoms in total. The number of hydrogen-bond acceptors (Lipinski definition) is 6. The number of benzene rings is 3. The van der Waals surface area contributed by atoms with Crippen molar-refractivity contribution in [1.82, 2.24) is 19.9 Å². The van der Waals surface area contributed by atoms with Crippen LogP contribution in [0.3, 0.4) is 0 Å². The quantitative estimate of drug-likeness (QED) is 0.172. The lowest BCUT2D eigenvalue weighted by atomic mass is 9.54. The second kappa shape index (κ2) is 11.3. The number of piperidine rings is 1. The number of aliphatic imine (C=N–C) groups is 1. The number of anilines is 1. The van der Waals surface area contributed by atoms with Gasteiger partial charge < -0.3 is 30.8 Å². The normalized spacial score (nSPS) is 16.5.